The van der Waals surface area contributed by atoms with E-state index >= 15 is 0 Å². The van der Waals surface area contributed by atoms with Crippen LogP contribution in [-0.4, -0.2) is 22.5 Å². The van der Waals surface area contributed by atoms with Crippen LogP contribution in [0.15, 0.2) is 41.3 Å². The second-order valence-electron chi connectivity index (χ2n) is 3.58. The fourth-order valence-corrected chi connectivity index (χ4v) is 1.56. The molecule has 2 aromatic rings. The van der Waals surface area contributed by atoms with Crippen molar-refractivity contribution in [3.63, 3.8) is 0 Å². The Hall–Kier alpha value is -2.09. The van der Waals surface area contributed by atoms with E-state index in [0.717, 1.165) is 0 Å². The van der Waals surface area contributed by atoms with Gasteiger partial charge in [0.25, 0.3) is 5.91 Å². The van der Waals surface area contributed by atoms with Gasteiger partial charge in [-0.05, 0) is 40.2 Å². The fraction of sp³-hybridized carbons (Fsp3) is 0.0833. The topological polar surface area (TPSA) is 64.1 Å². The molecule has 0 bridgehead atoms. The number of ether oxygens (including phenoxy) is 1. The number of carbonyl (C=O) groups excluding carboxylic acids is 1. The number of halogens is 3. The number of hydrogen-bond acceptors (Lipinski definition) is 4. The summed E-state index contributed by atoms with van der Waals surface area (Å²) < 4.78 is 28.7. The minimum Gasteiger partial charge on any atom is -0.435 e. The molecule has 0 saturated carbocycles. The van der Waals surface area contributed by atoms with E-state index in [1.54, 1.807) is 0 Å². The van der Waals surface area contributed by atoms with Gasteiger partial charge >= 0.3 is 6.61 Å². The Bertz CT molecular complexity index is 591. The van der Waals surface area contributed by atoms with Crippen LogP contribution in [0.25, 0.3) is 0 Å². The smallest absolute Gasteiger partial charge is 0.387 e. The minimum atomic E-state index is -2.90. The van der Waals surface area contributed by atoms with E-state index in [1.165, 1.54) is 36.7 Å². The summed E-state index contributed by atoms with van der Waals surface area (Å²) in [6.45, 7) is -2.90. The molecule has 0 spiro atoms. The Labute approximate surface area is 121 Å². The van der Waals surface area contributed by atoms with E-state index in [1.807, 2.05) is 0 Å². The number of aromatic nitrogens is 2. The number of anilines is 1. The van der Waals surface area contributed by atoms with Crippen molar-refractivity contribution in [2.75, 3.05) is 5.32 Å². The number of hydrogen-bond donors (Lipinski definition) is 1. The molecule has 0 saturated heterocycles. The van der Waals surface area contributed by atoms with E-state index in [2.05, 4.69) is 36.0 Å². The summed E-state index contributed by atoms with van der Waals surface area (Å²) in [6.07, 6.45) is 2.82. The maximum Gasteiger partial charge on any atom is 0.387 e. The predicted octanol–water partition coefficient (Wildman–Crippen LogP) is 3.09. The molecule has 20 heavy (non-hydrogen) atoms. The SMILES string of the molecule is O=C(Nc1cnc(Br)cn1)c1ccc(OC(F)F)cc1. The molecular formula is C12H8BrF2N3O2. The lowest BCUT2D eigenvalue weighted by atomic mass is 10.2. The van der Waals surface area contributed by atoms with Crippen LogP contribution >= 0.6 is 15.9 Å². The van der Waals surface area contributed by atoms with E-state index in [9.17, 15) is 13.6 Å². The Morgan fingerprint density at radius 2 is 1.90 bits per heavy atom. The molecule has 5 nitrogen and oxygen atoms in total. The molecule has 1 aromatic heterocycles. The standard InChI is InChI=1S/C12H8BrF2N3O2/c13-9-5-17-10(6-16-9)18-11(19)7-1-3-8(4-2-7)20-12(14)15/h1-6,12H,(H,17,18,19). The Balaban J connectivity index is 2.03. The highest BCUT2D eigenvalue weighted by molar-refractivity contribution is 9.10. The number of amides is 1. The average Bonchev–Trinajstić information content (AvgIpc) is 2.41. The molecule has 8 heteroatoms. The van der Waals surface area contributed by atoms with Gasteiger partial charge in [-0.1, -0.05) is 0 Å². The molecule has 0 aliphatic carbocycles. The maximum absolute atomic E-state index is 12.0. The first kappa shape index (κ1) is 14.3. The van der Waals surface area contributed by atoms with Gasteiger partial charge in [0.2, 0.25) is 0 Å². The Morgan fingerprint density at radius 1 is 1.20 bits per heavy atom. The van der Waals surface area contributed by atoms with Crippen LogP contribution in [0.4, 0.5) is 14.6 Å². The summed E-state index contributed by atoms with van der Waals surface area (Å²) in [5, 5.41) is 2.52. The zero-order chi connectivity index (χ0) is 14.5. The van der Waals surface area contributed by atoms with Gasteiger partial charge in [-0.25, -0.2) is 9.97 Å². The van der Waals surface area contributed by atoms with Gasteiger partial charge in [-0.3, -0.25) is 4.79 Å². The fourth-order valence-electron chi connectivity index (χ4n) is 1.35. The van der Waals surface area contributed by atoms with Crippen LogP contribution in [0, 0.1) is 0 Å². The monoisotopic (exact) mass is 343 g/mol. The second-order valence-corrected chi connectivity index (χ2v) is 4.39. The van der Waals surface area contributed by atoms with Gasteiger partial charge < -0.3 is 10.1 Å². The van der Waals surface area contributed by atoms with Gasteiger partial charge in [0.1, 0.15) is 10.4 Å². The molecule has 0 aliphatic rings. The van der Waals surface area contributed by atoms with Crippen molar-refractivity contribution < 1.29 is 18.3 Å². The van der Waals surface area contributed by atoms with Gasteiger partial charge in [-0.2, -0.15) is 8.78 Å². The van der Waals surface area contributed by atoms with Crippen molar-refractivity contribution in [1.29, 1.82) is 0 Å². The van der Waals surface area contributed by atoms with Gasteiger partial charge in [0.15, 0.2) is 5.82 Å². The molecular weight excluding hydrogens is 336 g/mol. The molecule has 0 atom stereocenters. The van der Waals surface area contributed by atoms with Crippen LogP contribution in [0.3, 0.4) is 0 Å². The van der Waals surface area contributed by atoms with Crippen LogP contribution < -0.4 is 10.1 Å². The van der Waals surface area contributed by atoms with Crippen molar-refractivity contribution in [3.05, 3.63) is 46.8 Å². The van der Waals surface area contributed by atoms with Crippen molar-refractivity contribution in [1.82, 2.24) is 9.97 Å². The van der Waals surface area contributed by atoms with Crippen LogP contribution in [0.2, 0.25) is 0 Å². The van der Waals surface area contributed by atoms with Crippen molar-refractivity contribution in [2.24, 2.45) is 0 Å². The summed E-state index contributed by atoms with van der Waals surface area (Å²) in [6, 6.07) is 5.32. The van der Waals surface area contributed by atoms with Crippen molar-refractivity contribution in [3.8, 4) is 5.75 Å². The number of benzene rings is 1. The number of nitrogens with one attached hydrogen (secondary N) is 1. The first-order valence-electron chi connectivity index (χ1n) is 5.38. The third-order valence-corrected chi connectivity index (χ3v) is 2.61. The number of alkyl halides is 2. The third-order valence-electron chi connectivity index (χ3n) is 2.20. The molecule has 0 radical (unpaired) electrons. The van der Waals surface area contributed by atoms with Crippen molar-refractivity contribution in [2.45, 2.75) is 6.61 Å². The van der Waals surface area contributed by atoms with E-state index in [0.29, 0.717) is 4.60 Å². The predicted molar refractivity (Wildman–Crippen MR) is 70.8 cm³/mol. The normalized spacial score (nSPS) is 10.4. The Kier molecular flexibility index (Phi) is 4.57. The average molecular weight is 344 g/mol. The largest absolute Gasteiger partial charge is 0.435 e. The van der Waals surface area contributed by atoms with Crippen LogP contribution in [0.1, 0.15) is 10.4 Å². The molecule has 0 fully saturated rings. The van der Waals surface area contributed by atoms with Gasteiger partial charge in [-0.15, -0.1) is 0 Å². The lowest BCUT2D eigenvalue weighted by Crippen LogP contribution is -2.13. The summed E-state index contributed by atoms with van der Waals surface area (Å²) in [5.41, 5.74) is 0.288. The van der Waals surface area contributed by atoms with Crippen LogP contribution in [0.5, 0.6) is 5.75 Å². The lowest BCUT2D eigenvalue weighted by Gasteiger charge is -2.06. The molecule has 1 amide bonds. The first-order chi connectivity index (χ1) is 9.54. The quantitative estimate of drug-likeness (QED) is 0.926. The van der Waals surface area contributed by atoms with E-state index < -0.39 is 12.5 Å². The summed E-state index contributed by atoms with van der Waals surface area (Å²) in [7, 11) is 0. The highest BCUT2D eigenvalue weighted by Gasteiger charge is 2.09. The third kappa shape index (κ3) is 3.95. The molecule has 0 aliphatic heterocycles. The minimum absolute atomic E-state index is 0.0139. The Morgan fingerprint density at radius 3 is 2.45 bits per heavy atom. The number of carbonyl (C=O) groups is 1. The second kappa shape index (κ2) is 6.38. The summed E-state index contributed by atoms with van der Waals surface area (Å²) >= 11 is 3.12. The molecule has 2 rings (SSSR count). The number of rotatable bonds is 4. The first-order valence-corrected chi connectivity index (χ1v) is 6.17. The number of nitrogens with zero attached hydrogens (tertiary/aromatic N) is 2. The lowest BCUT2D eigenvalue weighted by molar-refractivity contribution is -0.0498. The van der Waals surface area contributed by atoms with E-state index in [4.69, 9.17) is 0 Å². The van der Waals surface area contributed by atoms with Crippen LogP contribution in [-0.2, 0) is 0 Å². The maximum atomic E-state index is 12.0. The molecule has 0 unspecified atom stereocenters. The zero-order valence-corrected chi connectivity index (χ0v) is 11.5. The van der Waals surface area contributed by atoms with Gasteiger partial charge in [0.05, 0.1) is 12.4 Å². The summed E-state index contributed by atoms with van der Waals surface area (Å²) in [5.74, 6) is -0.156. The highest BCUT2D eigenvalue weighted by Crippen LogP contribution is 2.15. The van der Waals surface area contributed by atoms with Crippen molar-refractivity contribution >= 4 is 27.7 Å². The van der Waals surface area contributed by atoms with Gasteiger partial charge in [0, 0.05) is 5.56 Å². The molecule has 1 aromatic carbocycles. The molecule has 104 valence electrons. The molecule has 1 heterocycles. The molecule has 1 N–H and O–H groups in total. The highest BCUT2D eigenvalue weighted by atomic mass is 79.9. The van der Waals surface area contributed by atoms with E-state index in [-0.39, 0.29) is 17.1 Å². The summed E-state index contributed by atoms with van der Waals surface area (Å²) in [4.78, 5) is 19.7. The zero-order valence-electron chi connectivity index (χ0n) is 9.89.